The molecule has 2 rings (SSSR count). The van der Waals surface area contributed by atoms with Crippen LogP contribution in [0.4, 0.5) is 4.39 Å². The van der Waals surface area contributed by atoms with E-state index in [1.54, 1.807) is 13.0 Å². The van der Waals surface area contributed by atoms with Crippen LogP contribution < -0.4 is 0 Å². The summed E-state index contributed by atoms with van der Waals surface area (Å²) in [4.78, 5) is 0. The van der Waals surface area contributed by atoms with Crippen LogP contribution in [0.3, 0.4) is 0 Å². The van der Waals surface area contributed by atoms with Crippen molar-refractivity contribution in [3.8, 4) is 0 Å². The third kappa shape index (κ3) is 1.89. The molecule has 0 spiro atoms. The highest BCUT2D eigenvalue weighted by Gasteiger charge is 2.40. The van der Waals surface area contributed by atoms with Crippen molar-refractivity contribution in [3.05, 3.63) is 35.1 Å². The lowest BCUT2D eigenvalue weighted by molar-refractivity contribution is 0.151. The molecule has 1 N–H and O–H groups in total. The van der Waals surface area contributed by atoms with Crippen molar-refractivity contribution in [3.63, 3.8) is 0 Å². The van der Waals surface area contributed by atoms with E-state index in [1.807, 2.05) is 6.07 Å². The molecule has 2 heteroatoms. The standard InChI is InChI=1S/C11H13FO/c1-8-6-9(2-3-10(8)12)7-11(13)4-5-11/h2-3,6,13H,4-5,7H2,1H3. The first-order chi connectivity index (χ1) is 6.09. The van der Waals surface area contributed by atoms with Crippen LogP contribution in [0.2, 0.25) is 0 Å². The van der Waals surface area contributed by atoms with Gasteiger partial charge in [0.05, 0.1) is 5.60 Å². The van der Waals surface area contributed by atoms with Gasteiger partial charge in [0.1, 0.15) is 5.82 Å². The lowest BCUT2D eigenvalue weighted by atomic mass is 10.0. The van der Waals surface area contributed by atoms with Gasteiger partial charge in [0, 0.05) is 6.42 Å². The van der Waals surface area contributed by atoms with Gasteiger partial charge in [-0.3, -0.25) is 0 Å². The van der Waals surface area contributed by atoms with Crippen LogP contribution in [0.15, 0.2) is 18.2 Å². The molecule has 0 aliphatic heterocycles. The summed E-state index contributed by atoms with van der Waals surface area (Å²) >= 11 is 0. The van der Waals surface area contributed by atoms with Gasteiger partial charge in [0.25, 0.3) is 0 Å². The molecule has 0 radical (unpaired) electrons. The quantitative estimate of drug-likeness (QED) is 0.739. The number of benzene rings is 1. The summed E-state index contributed by atoms with van der Waals surface area (Å²) < 4.78 is 12.9. The minimum Gasteiger partial charge on any atom is -0.390 e. The van der Waals surface area contributed by atoms with E-state index in [4.69, 9.17) is 0 Å². The molecule has 0 saturated heterocycles. The number of rotatable bonds is 2. The smallest absolute Gasteiger partial charge is 0.126 e. The Bertz CT molecular complexity index is 329. The van der Waals surface area contributed by atoms with Crippen molar-refractivity contribution >= 4 is 0 Å². The Hall–Kier alpha value is -0.890. The van der Waals surface area contributed by atoms with E-state index in [0.29, 0.717) is 12.0 Å². The van der Waals surface area contributed by atoms with E-state index in [1.165, 1.54) is 6.07 Å². The normalized spacial score (nSPS) is 18.7. The molecule has 1 aliphatic carbocycles. The Morgan fingerprint density at radius 2 is 2.15 bits per heavy atom. The number of aryl methyl sites for hydroxylation is 1. The SMILES string of the molecule is Cc1cc(CC2(O)CC2)ccc1F. The van der Waals surface area contributed by atoms with Crippen LogP contribution in [-0.2, 0) is 6.42 Å². The molecular formula is C11H13FO. The number of hydrogen-bond acceptors (Lipinski definition) is 1. The summed E-state index contributed by atoms with van der Waals surface area (Å²) in [6.45, 7) is 1.75. The molecule has 0 atom stereocenters. The fraction of sp³-hybridized carbons (Fsp3) is 0.455. The van der Waals surface area contributed by atoms with Crippen molar-refractivity contribution in [2.75, 3.05) is 0 Å². The third-order valence-corrected chi connectivity index (χ3v) is 2.58. The molecule has 1 aromatic carbocycles. The molecule has 0 bridgehead atoms. The Kier molecular flexibility index (Phi) is 1.88. The fourth-order valence-corrected chi connectivity index (χ4v) is 1.52. The van der Waals surface area contributed by atoms with Gasteiger partial charge >= 0.3 is 0 Å². The van der Waals surface area contributed by atoms with E-state index in [0.717, 1.165) is 18.4 Å². The average Bonchev–Trinajstić information content (AvgIpc) is 2.76. The maximum Gasteiger partial charge on any atom is 0.126 e. The molecule has 0 amide bonds. The summed E-state index contributed by atoms with van der Waals surface area (Å²) in [5.74, 6) is -0.175. The van der Waals surface area contributed by atoms with Gasteiger partial charge in [-0.25, -0.2) is 4.39 Å². The summed E-state index contributed by atoms with van der Waals surface area (Å²) in [5, 5.41) is 9.65. The van der Waals surface area contributed by atoms with Gasteiger partial charge in [-0.1, -0.05) is 12.1 Å². The largest absolute Gasteiger partial charge is 0.390 e. The predicted octanol–water partition coefficient (Wildman–Crippen LogP) is 2.20. The van der Waals surface area contributed by atoms with Gasteiger partial charge in [0.2, 0.25) is 0 Å². The van der Waals surface area contributed by atoms with Gasteiger partial charge in [0.15, 0.2) is 0 Å². The first-order valence-corrected chi connectivity index (χ1v) is 4.56. The average molecular weight is 180 g/mol. The summed E-state index contributed by atoms with van der Waals surface area (Å²) in [6.07, 6.45) is 2.42. The van der Waals surface area contributed by atoms with Gasteiger partial charge in [-0.05, 0) is 37.0 Å². The molecule has 0 aromatic heterocycles. The van der Waals surface area contributed by atoms with Crippen LogP contribution >= 0.6 is 0 Å². The first-order valence-electron chi connectivity index (χ1n) is 4.56. The molecular weight excluding hydrogens is 167 g/mol. The van der Waals surface area contributed by atoms with Crippen molar-refractivity contribution in [1.82, 2.24) is 0 Å². The van der Waals surface area contributed by atoms with Crippen molar-refractivity contribution in [2.24, 2.45) is 0 Å². The summed E-state index contributed by atoms with van der Waals surface area (Å²) in [6, 6.07) is 5.03. The van der Waals surface area contributed by atoms with E-state index in [-0.39, 0.29) is 5.82 Å². The van der Waals surface area contributed by atoms with Crippen LogP contribution in [-0.4, -0.2) is 10.7 Å². The van der Waals surface area contributed by atoms with E-state index in [9.17, 15) is 9.50 Å². The molecule has 1 saturated carbocycles. The maximum atomic E-state index is 12.9. The van der Waals surface area contributed by atoms with Crippen LogP contribution in [0.5, 0.6) is 0 Å². The summed E-state index contributed by atoms with van der Waals surface area (Å²) in [7, 11) is 0. The number of aliphatic hydroxyl groups is 1. The molecule has 1 aliphatic rings. The third-order valence-electron chi connectivity index (χ3n) is 2.58. The molecule has 1 nitrogen and oxygen atoms in total. The molecule has 0 unspecified atom stereocenters. The topological polar surface area (TPSA) is 20.2 Å². The van der Waals surface area contributed by atoms with Gasteiger partial charge < -0.3 is 5.11 Å². The zero-order chi connectivity index (χ0) is 9.47. The Balaban J connectivity index is 2.17. The van der Waals surface area contributed by atoms with E-state index < -0.39 is 5.60 Å². The van der Waals surface area contributed by atoms with Crippen LogP contribution in [0.1, 0.15) is 24.0 Å². The minimum absolute atomic E-state index is 0.175. The number of halogens is 1. The Morgan fingerprint density at radius 3 is 2.69 bits per heavy atom. The second kappa shape index (κ2) is 2.81. The fourth-order valence-electron chi connectivity index (χ4n) is 1.52. The van der Waals surface area contributed by atoms with Crippen molar-refractivity contribution < 1.29 is 9.50 Å². The Morgan fingerprint density at radius 1 is 1.46 bits per heavy atom. The summed E-state index contributed by atoms with van der Waals surface area (Å²) in [5.41, 5.74) is 1.20. The minimum atomic E-state index is -0.482. The van der Waals surface area contributed by atoms with Crippen LogP contribution in [0.25, 0.3) is 0 Å². The molecule has 13 heavy (non-hydrogen) atoms. The van der Waals surface area contributed by atoms with Crippen molar-refractivity contribution in [1.29, 1.82) is 0 Å². The highest BCUT2D eigenvalue weighted by Crippen LogP contribution is 2.38. The second-order valence-electron chi connectivity index (χ2n) is 3.98. The maximum absolute atomic E-state index is 12.9. The predicted molar refractivity (Wildman–Crippen MR) is 49.0 cm³/mol. The second-order valence-corrected chi connectivity index (χ2v) is 3.98. The lowest BCUT2D eigenvalue weighted by Crippen LogP contribution is -2.10. The zero-order valence-electron chi connectivity index (χ0n) is 7.68. The number of hydrogen-bond donors (Lipinski definition) is 1. The monoisotopic (exact) mass is 180 g/mol. The Labute approximate surface area is 77.2 Å². The van der Waals surface area contributed by atoms with Crippen molar-refractivity contribution in [2.45, 2.75) is 31.8 Å². The van der Waals surface area contributed by atoms with E-state index >= 15 is 0 Å². The zero-order valence-corrected chi connectivity index (χ0v) is 7.68. The molecule has 0 heterocycles. The van der Waals surface area contributed by atoms with E-state index in [2.05, 4.69) is 0 Å². The van der Waals surface area contributed by atoms with Gasteiger partial charge in [-0.15, -0.1) is 0 Å². The van der Waals surface area contributed by atoms with Gasteiger partial charge in [-0.2, -0.15) is 0 Å². The van der Waals surface area contributed by atoms with Crippen LogP contribution in [0, 0.1) is 12.7 Å². The first kappa shape index (κ1) is 8.70. The molecule has 1 aromatic rings. The highest BCUT2D eigenvalue weighted by molar-refractivity contribution is 5.26. The lowest BCUT2D eigenvalue weighted by Gasteiger charge is -2.08. The molecule has 70 valence electrons. The molecule has 1 fully saturated rings. The highest BCUT2D eigenvalue weighted by atomic mass is 19.1.